The van der Waals surface area contributed by atoms with Crippen LogP contribution in [0.2, 0.25) is 0 Å². The van der Waals surface area contributed by atoms with Crippen molar-refractivity contribution >= 4 is 28.6 Å². The SMILES string of the molecule is COc1ccc(C(F)(F)F)cc1-c1cnc([NH+]=CN)cc1C(O)Nc1nnc(C#CC2CC2)s1. The Labute approximate surface area is 196 Å². The number of hydrogen-bond donors (Lipinski definition) is 4. The molecule has 1 saturated carbocycles. The fraction of sp³-hybridized carbons (Fsp3) is 0.273. The van der Waals surface area contributed by atoms with Crippen LogP contribution in [0.4, 0.5) is 24.1 Å². The molecular weight excluding hydrogens is 469 g/mol. The topological polar surface area (TPSA) is 120 Å². The highest BCUT2D eigenvalue weighted by molar-refractivity contribution is 7.15. The maximum atomic E-state index is 13.4. The number of nitrogens with two attached hydrogens (primary N) is 1. The third kappa shape index (κ3) is 5.44. The summed E-state index contributed by atoms with van der Waals surface area (Å²) in [6, 6.07) is 4.56. The third-order valence-electron chi connectivity index (χ3n) is 4.92. The van der Waals surface area contributed by atoms with E-state index in [4.69, 9.17) is 10.5 Å². The first kappa shape index (κ1) is 23.5. The molecule has 5 N–H and O–H groups in total. The largest absolute Gasteiger partial charge is 0.496 e. The number of pyridine rings is 1. The van der Waals surface area contributed by atoms with E-state index in [1.165, 1.54) is 25.4 Å². The summed E-state index contributed by atoms with van der Waals surface area (Å²) >= 11 is 1.16. The molecule has 1 atom stereocenters. The molecule has 1 fully saturated rings. The molecule has 8 nitrogen and oxygen atoms in total. The smallest absolute Gasteiger partial charge is 0.416 e. The zero-order valence-corrected chi connectivity index (χ0v) is 18.7. The van der Waals surface area contributed by atoms with Crippen LogP contribution >= 0.6 is 11.3 Å². The molecule has 1 aromatic carbocycles. The van der Waals surface area contributed by atoms with Crippen molar-refractivity contribution in [1.82, 2.24) is 15.2 Å². The molecule has 2 heterocycles. The normalized spacial score (nSPS) is 14.5. The van der Waals surface area contributed by atoms with Crippen molar-refractivity contribution in [3.05, 3.63) is 46.6 Å². The monoisotopic (exact) mass is 489 g/mol. The van der Waals surface area contributed by atoms with E-state index in [9.17, 15) is 18.3 Å². The average molecular weight is 490 g/mol. The fourth-order valence-electron chi connectivity index (χ4n) is 3.10. The number of hydrogen-bond acceptors (Lipinski definition) is 7. The van der Waals surface area contributed by atoms with Gasteiger partial charge in [-0.25, -0.2) is 0 Å². The van der Waals surface area contributed by atoms with Gasteiger partial charge in [0.05, 0.1) is 12.7 Å². The first-order chi connectivity index (χ1) is 16.3. The molecule has 0 bridgehead atoms. The zero-order chi connectivity index (χ0) is 24.3. The van der Waals surface area contributed by atoms with Gasteiger partial charge in [0.15, 0.2) is 17.6 Å². The lowest BCUT2D eigenvalue weighted by molar-refractivity contribution is -0.353. The van der Waals surface area contributed by atoms with E-state index in [2.05, 4.69) is 37.3 Å². The Bertz CT molecular complexity index is 1280. The van der Waals surface area contributed by atoms with E-state index < -0.39 is 18.0 Å². The summed E-state index contributed by atoms with van der Waals surface area (Å²) in [6.45, 7) is 0. The second kappa shape index (κ2) is 9.66. The number of ether oxygens (including phenoxy) is 1. The van der Waals surface area contributed by atoms with Gasteiger partial charge in [-0.05, 0) is 37.0 Å². The molecule has 0 radical (unpaired) electrons. The van der Waals surface area contributed by atoms with E-state index in [-0.39, 0.29) is 28.3 Å². The summed E-state index contributed by atoms with van der Waals surface area (Å²) in [5, 5.41) is 22.6. The Hall–Kier alpha value is -3.69. The lowest BCUT2D eigenvalue weighted by atomic mass is 9.97. The third-order valence-corrected chi connectivity index (χ3v) is 5.69. The van der Waals surface area contributed by atoms with Crippen LogP contribution in [0.1, 0.15) is 35.2 Å². The Morgan fingerprint density at radius 2 is 2.09 bits per heavy atom. The summed E-state index contributed by atoms with van der Waals surface area (Å²) in [4.78, 5) is 6.87. The Morgan fingerprint density at radius 3 is 2.76 bits per heavy atom. The number of methoxy groups -OCH3 is 1. The van der Waals surface area contributed by atoms with Crippen LogP contribution in [0.15, 0.2) is 30.5 Å². The maximum absolute atomic E-state index is 13.4. The molecule has 0 aliphatic heterocycles. The number of nitrogens with one attached hydrogen (secondary N) is 2. The van der Waals surface area contributed by atoms with Crippen LogP contribution in [-0.4, -0.2) is 33.7 Å². The number of benzene rings is 1. The standard InChI is InChI=1S/C22H19F3N6O2S/c1-33-17-6-5-13(22(23,24)25)8-14(17)16-10-27-18(28-11-26)9-15(16)20(32)29-21-31-30-19(34-21)7-4-12-2-3-12/h5-6,8-12,20,32H,2-3H2,1H3,(H,29,31)(H2,26,27,28)/p+1. The van der Waals surface area contributed by atoms with Crippen molar-refractivity contribution in [3.8, 4) is 28.7 Å². The molecule has 34 heavy (non-hydrogen) atoms. The molecule has 3 aromatic rings. The minimum absolute atomic E-state index is 0.109. The van der Waals surface area contributed by atoms with Crippen molar-refractivity contribution in [1.29, 1.82) is 0 Å². The minimum atomic E-state index is -4.56. The molecule has 1 unspecified atom stereocenters. The number of nitrogens with zero attached hydrogens (tertiary/aromatic N) is 3. The second-order valence-electron chi connectivity index (χ2n) is 7.38. The van der Waals surface area contributed by atoms with Crippen LogP contribution in [0.3, 0.4) is 0 Å². The van der Waals surface area contributed by atoms with Gasteiger partial charge in [-0.3, -0.25) is 4.99 Å². The van der Waals surface area contributed by atoms with Crippen molar-refractivity contribution < 1.29 is 28.0 Å². The zero-order valence-electron chi connectivity index (χ0n) is 17.8. The Kier molecular flexibility index (Phi) is 6.67. The van der Waals surface area contributed by atoms with Gasteiger partial charge >= 0.3 is 6.18 Å². The number of halogens is 3. The number of rotatable bonds is 6. The van der Waals surface area contributed by atoms with Crippen molar-refractivity contribution in [2.75, 3.05) is 12.4 Å². The van der Waals surface area contributed by atoms with E-state index in [0.717, 1.165) is 42.6 Å². The van der Waals surface area contributed by atoms with Crippen molar-refractivity contribution in [2.24, 2.45) is 11.7 Å². The van der Waals surface area contributed by atoms with Crippen molar-refractivity contribution in [3.63, 3.8) is 0 Å². The lowest BCUT2D eigenvalue weighted by Gasteiger charge is -2.18. The van der Waals surface area contributed by atoms with Gasteiger partial charge in [-0.1, -0.05) is 17.3 Å². The first-order valence-electron chi connectivity index (χ1n) is 10.1. The highest BCUT2D eigenvalue weighted by atomic mass is 32.1. The first-order valence-corrected chi connectivity index (χ1v) is 10.9. The molecule has 1 aliphatic carbocycles. The number of alkyl halides is 3. The van der Waals surface area contributed by atoms with Crippen LogP contribution in [-0.2, 0) is 6.18 Å². The number of aliphatic hydroxyl groups is 1. The minimum Gasteiger partial charge on any atom is -0.496 e. The summed E-state index contributed by atoms with van der Waals surface area (Å²) in [5.74, 6) is 6.90. The summed E-state index contributed by atoms with van der Waals surface area (Å²) < 4.78 is 45.4. The van der Waals surface area contributed by atoms with E-state index in [0.29, 0.717) is 16.1 Å². The van der Waals surface area contributed by atoms with Gasteiger partial charge in [0.2, 0.25) is 5.13 Å². The number of aliphatic hydroxyl groups excluding tert-OH is 1. The number of anilines is 1. The van der Waals surface area contributed by atoms with Crippen LogP contribution in [0.5, 0.6) is 5.75 Å². The Balaban J connectivity index is 1.72. The molecule has 0 amide bonds. The summed E-state index contributed by atoms with van der Waals surface area (Å²) in [6.07, 6.45) is -1.30. The maximum Gasteiger partial charge on any atom is 0.416 e. The van der Waals surface area contributed by atoms with E-state index in [1.54, 1.807) is 0 Å². The second-order valence-corrected chi connectivity index (χ2v) is 8.36. The van der Waals surface area contributed by atoms with Gasteiger partial charge < -0.3 is 20.9 Å². The van der Waals surface area contributed by atoms with Crippen LogP contribution in [0.25, 0.3) is 11.1 Å². The van der Waals surface area contributed by atoms with Crippen molar-refractivity contribution in [2.45, 2.75) is 25.2 Å². The summed E-state index contributed by atoms with van der Waals surface area (Å²) in [7, 11) is 1.35. The molecule has 4 rings (SSSR count). The van der Waals surface area contributed by atoms with E-state index >= 15 is 0 Å². The van der Waals surface area contributed by atoms with Crippen LogP contribution in [0, 0.1) is 17.8 Å². The number of aromatic nitrogens is 3. The highest BCUT2D eigenvalue weighted by Crippen LogP contribution is 2.40. The van der Waals surface area contributed by atoms with Gasteiger partial charge in [-0.2, -0.15) is 13.2 Å². The summed E-state index contributed by atoms with van der Waals surface area (Å²) in [5.41, 5.74) is 5.09. The predicted octanol–water partition coefficient (Wildman–Crippen LogP) is 2.19. The molecule has 2 aromatic heterocycles. The van der Waals surface area contributed by atoms with Gasteiger partial charge in [-0.15, -0.1) is 15.2 Å². The fourth-order valence-corrected chi connectivity index (χ4v) is 3.73. The predicted molar refractivity (Wildman–Crippen MR) is 120 cm³/mol. The molecular formula is C22H20F3N6O2S+. The average Bonchev–Trinajstić information content (AvgIpc) is 3.54. The molecule has 176 valence electrons. The lowest BCUT2D eigenvalue weighted by Crippen LogP contribution is -2.64. The van der Waals surface area contributed by atoms with Gasteiger partial charge in [0.1, 0.15) is 11.9 Å². The van der Waals surface area contributed by atoms with Gasteiger partial charge in [0.25, 0.3) is 5.82 Å². The quantitative estimate of drug-likeness (QED) is 0.181. The highest BCUT2D eigenvalue weighted by Gasteiger charge is 2.32. The molecule has 1 aliphatic rings. The van der Waals surface area contributed by atoms with E-state index in [1.807, 2.05) is 0 Å². The molecule has 0 spiro atoms. The molecule has 0 saturated heterocycles. The van der Waals surface area contributed by atoms with Gasteiger partial charge in [0, 0.05) is 28.7 Å². The Morgan fingerprint density at radius 1 is 1.29 bits per heavy atom. The molecule has 12 heteroatoms. The van der Waals surface area contributed by atoms with Crippen LogP contribution < -0.4 is 20.8 Å².